The minimum absolute atomic E-state index is 0. The van der Waals surface area contributed by atoms with E-state index in [1.165, 1.54) is 50.2 Å². The maximum atomic E-state index is 12.8. The van der Waals surface area contributed by atoms with E-state index in [-0.39, 0.29) is 30.7 Å². The van der Waals surface area contributed by atoms with Gasteiger partial charge in [0.05, 0.1) is 13.2 Å². The lowest BCUT2D eigenvalue weighted by Crippen LogP contribution is -2.49. The second-order valence-electron chi connectivity index (χ2n) is 9.79. The molecule has 0 aliphatic carbocycles. The Balaban J connectivity index is 0.00000168. The Hall–Kier alpha value is -3.16. The van der Waals surface area contributed by atoms with Crippen LogP contribution in [0.25, 0.3) is 53.9 Å². The molecule has 0 aliphatic rings. The molecule has 6 nitrogen and oxygen atoms in total. The summed E-state index contributed by atoms with van der Waals surface area (Å²) in [5.41, 5.74) is 12.6. The lowest BCUT2D eigenvalue weighted by molar-refractivity contribution is -0.145. The molecule has 2 atom stereocenters. The molecule has 0 heterocycles. The van der Waals surface area contributed by atoms with Gasteiger partial charge in [0.25, 0.3) is 0 Å². The third-order valence-electron chi connectivity index (χ3n) is 7.64. The number of unbranched alkanes of at least 4 members (excludes halogenated alkanes) is 1. The van der Waals surface area contributed by atoms with E-state index in [1.54, 1.807) is 0 Å². The number of hydrogen-bond donors (Lipinski definition) is 3. The summed E-state index contributed by atoms with van der Waals surface area (Å²) < 4.78 is 5.06. The highest BCUT2D eigenvalue weighted by Crippen LogP contribution is 2.48. The summed E-state index contributed by atoms with van der Waals surface area (Å²) in [5, 5.41) is 15.1. The second kappa shape index (κ2) is 10.9. The number of methoxy groups -OCH3 is 1. The van der Waals surface area contributed by atoms with Crippen LogP contribution in [0.2, 0.25) is 0 Å². The highest BCUT2D eigenvalue weighted by molar-refractivity contribution is 6.44. The molecule has 38 heavy (non-hydrogen) atoms. The van der Waals surface area contributed by atoms with Gasteiger partial charge in [-0.15, -0.1) is 24.8 Å². The van der Waals surface area contributed by atoms with Crippen LogP contribution in [0.3, 0.4) is 0 Å². The Morgan fingerprint density at radius 2 is 1.34 bits per heavy atom. The molecule has 198 valence electrons. The summed E-state index contributed by atoms with van der Waals surface area (Å²) in [6.45, 7) is 0.561. The van der Waals surface area contributed by atoms with Crippen LogP contribution in [-0.2, 0) is 20.7 Å². The molecule has 0 bridgehead atoms. The first kappa shape index (κ1) is 27.9. The van der Waals surface area contributed by atoms with E-state index >= 15 is 0 Å². The van der Waals surface area contributed by atoms with Crippen LogP contribution in [0.1, 0.15) is 24.8 Å². The molecule has 5 N–H and O–H groups in total. The highest BCUT2D eigenvalue weighted by atomic mass is 35.5. The number of carbonyl (C=O) groups excluding carboxylic acids is 2. The van der Waals surface area contributed by atoms with Gasteiger partial charge in [0.1, 0.15) is 6.04 Å². The molecule has 0 spiro atoms. The molecule has 6 rings (SSSR count). The lowest BCUT2D eigenvalue weighted by atomic mass is 9.92. The summed E-state index contributed by atoms with van der Waals surface area (Å²) >= 11 is 0. The zero-order valence-electron chi connectivity index (χ0n) is 21.1. The van der Waals surface area contributed by atoms with Crippen LogP contribution in [-0.4, -0.2) is 37.6 Å². The van der Waals surface area contributed by atoms with Gasteiger partial charge in [-0.3, -0.25) is 4.79 Å². The van der Waals surface area contributed by atoms with Crippen molar-refractivity contribution in [2.24, 2.45) is 11.5 Å². The third-order valence-corrected chi connectivity index (χ3v) is 7.64. The molecule has 0 aliphatic heterocycles. The van der Waals surface area contributed by atoms with Crippen LogP contribution < -0.4 is 16.8 Å². The molecule has 0 saturated carbocycles. The Labute approximate surface area is 232 Å². The normalized spacial score (nSPS) is 13.2. The Morgan fingerprint density at radius 3 is 1.92 bits per heavy atom. The van der Waals surface area contributed by atoms with Crippen molar-refractivity contribution < 1.29 is 14.3 Å². The average molecular weight is 553 g/mol. The molecule has 1 amide bonds. The summed E-state index contributed by atoms with van der Waals surface area (Å²) in [6.07, 6.45) is 2.41. The van der Waals surface area contributed by atoms with Crippen LogP contribution >= 0.6 is 24.8 Å². The number of nitrogens with one attached hydrogen (secondary N) is 1. The van der Waals surface area contributed by atoms with Crippen molar-refractivity contribution >= 4 is 90.6 Å². The summed E-state index contributed by atoms with van der Waals surface area (Å²) in [4.78, 5) is 25.6. The molecule has 0 aromatic heterocycles. The number of amides is 1. The average Bonchev–Trinajstić information content (AvgIpc) is 3.27. The number of ether oxygens (including phenoxy) is 1. The monoisotopic (exact) mass is 551 g/mol. The number of halogens is 2. The van der Waals surface area contributed by atoms with E-state index in [9.17, 15) is 9.59 Å². The quantitative estimate of drug-likeness (QED) is 0.129. The number of rotatable bonds is 9. The van der Waals surface area contributed by atoms with Crippen molar-refractivity contribution in [2.75, 3.05) is 13.7 Å². The standard InChI is InChI=1S/C30H29N3O3.2ClH/c1-36-30(35)23(33-29(34)22(32)4-2-3-13-31)15-20-14-19-10-9-17-6-5-16-7-8-18-11-12-21(20)28-26(18)24(16)25(17)27(19)28;;/h5-12,14,22-23H,2-4,13,15,31-32H2,1H3,(H,33,34);2*1H/t22-,23-;;/m0../s1. The molecule has 6 aromatic rings. The van der Waals surface area contributed by atoms with E-state index < -0.39 is 18.1 Å². The van der Waals surface area contributed by atoms with Crippen LogP contribution in [0.4, 0.5) is 0 Å². The topological polar surface area (TPSA) is 107 Å². The fourth-order valence-corrected chi connectivity index (χ4v) is 5.89. The summed E-state index contributed by atoms with van der Waals surface area (Å²) in [5.74, 6) is -0.833. The van der Waals surface area contributed by atoms with Crippen molar-refractivity contribution in [1.82, 2.24) is 5.32 Å². The highest BCUT2D eigenvalue weighted by Gasteiger charge is 2.27. The van der Waals surface area contributed by atoms with Crippen molar-refractivity contribution in [1.29, 1.82) is 0 Å². The SMILES string of the molecule is COC(=O)[C@H](Cc1cc2ccc3ccc4ccc5ccc1c1c5c4c3c21)NC(=O)[C@@H](N)CCCCN.Cl.Cl. The van der Waals surface area contributed by atoms with Gasteiger partial charge in [-0.1, -0.05) is 61.0 Å². The molecule has 0 radical (unpaired) electrons. The Bertz CT molecular complexity index is 1680. The number of benzene rings is 5. The fraction of sp³-hybridized carbons (Fsp3) is 0.267. The van der Waals surface area contributed by atoms with Gasteiger partial charge in [0, 0.05) is 6.42 Å². The van der Waals surface area contributed by atoms with Gasteiger partial charge in [-0.25, -0.2) is 4.79 Å². The largest absolute Gasteiger partial charge is 0.467 e. The van der Waals surface area contributed by atoms with Gasteiger partial charge in [0.2, 0.25) is 5.91 Å². The van der Waals surface area contributed by atoms with E-state index in [0.29, 0.717) is 19.4 Å². The predicted molar refractivity (Wildman–Crippen MR) is 161 cm³/mol. The molecular formula is C30H31Cl2N3O3. The Kier molecular flexibility index (Phi) is 8.00. The van der Waals surface area contributed by atoms with Gasteiger partial charge < -0.3 is 21.5 Å². The van der Waals surface area contributed by atoms with E-state index in [2.05, 4.69) is 59.9 Å². The van der Waals surface area contributed by atoms with Crippen LogP contribution in [0, 0.1) is 0 Å². The number of hydrogen-bond acceptors (Lipinski definition) is 5. The second-order valence-corrected chi connectivity index (χ2v) is 9.79. The maximum Gasteiger partial charge on any atom is 0.328 e. The molecule has 0 unspecified atom stereocenters. The Morgan fingerprint density at radius 1 is 0.816 bits per heavy atom. The van der Waals surface area contributed by atoms with Crippen LogP contribution in [0.15, 0.2) is 54.6 Å². The molecule has 0 saturated heterocycles. The van der Waals surface area contributed by atoms with E-state index in [4.69, 9.17) is 16.2 Å². The minimum atomic E-state index is -0.831. The van der Waals surface area contributed by atoms with E-state index in [1.807, 2.05) is 0 Å². The fourth-order valence-electron chi connectivity index (χ4n) is 5.89. The van der Waals surface area contributed by atoms with Gasteiger partial charge in [-0.2, -0.15) is 0 Å². The third kappa shape index (κ3) is 4.31. The maximum absolute atomic E-state index is 12.8. The van der Waals surface area contributed by atoms with E-state index in [0.717, 1.165) is 29.2 Å². The van der Waals surface area contributed by atoms with Crippen LogP contribution in [0.5, 0.6) is 0 Å². The molecule has 8 heteroatoms. The van der Waals surface area contributed by atoms with Crippen molar-refractivity contribution in [3.63, 3.8) is 0 Å². The first-order chi connectivity index (χ1) is 17.5. The van der Waals surface area contributed by atoms with Gasteiger partial charge in [0.15, 0.2) is 0 Å². The zero-order valence-corrected chi connectivity index (χ0v) is 22.7. The smallest absolute Gasteiger partial charge is 0.328 e. The van der Waals surface area contributed by atoms with Crippen molar-refractivity contribution in [3.8, 4) is 0 Å². The predicted octanol–water partition coefficient (Wildman–Crippen LogP) is 5.27. The summed E-state index contributed by atoms with van der Waals surface area (Å²) in [7, 11) is 1.34. The minimum Gasteiger partial charge on any atom is -0.467 e. The van der Waals surface area contributed by atoms with Crippen molar-refractivity contribution in [3.05, 3.63) is 60.2 Å². The van der Waals surface area contributed by atoms with Gasteiger partial charge >= 0.3 is 5.97 Å². The number of nitrogens with two attached hydrogens (primary N) is 2. The molecule has 6 aromatic carbocycles. The zero-order chi connectivity index (χ0) is 25.0. The number of esters is 1. The van der Waals surface area contributed by atoms with Gasteiger partial charge in [-0.05, 0) is 78.8 Å². The molecule has 0 fully saturated rings. The lowest BCUT2D eigenvalue weighted by Gasteiger charge is -2.20. The number of carbonyl (C=O) groups is 2. The molecular weight excluding hydrogens is 521 g/mol. The summed E-state index contributed by atoms with van der Waals surface area (Å²) in [6, 6.07) is 18.0. The first-order valence-electron chi connectivity index (χ1n) is 12.5. The van der Waals surface area contributed by atoms with Crippen molar-refractivity contribution in [2.45, 2.75) is 37.8 Å². The first-order valence-corrected chi connectivity index (χ1v) is 12.5.